The normalized spacial score (nSPS) is 10.1. The third-order valence-corrected chi connectivity index (χ3v) is 2.96. The van der Waals surface area contributed by atoms with Crippen LogP contribution in [0, 0.1) is 12.7 Å². The van der Waals surface area contributed by atoms with Crippen LogP contribution in [0.25, 0.3) is 0 Å². The molecule has 0 fully saturated rings. The van der Waals surface area contributed by atoms with Gasteiger partial charge in [0.25, 0.3) is 5.91 Å². The summed E-state index contributed by atoms with van der Waals surface area (Å²) in [5.41, 5.74) is 1.37. The van der Waals surface area contributed by atoms with E-state index < -0.39 is 5.82 Å². The van der Waals surface area contributed by atoms with Gasteiger partial charge in [0.05, 0.1) is 5.02 Å². The predicted octanol–water partition coefficient (Wildman–Crippen LogP) is 3.24. The van der Waals surface area contributed by atoms with Crippen molar-refractivity contribution in [3.05, 3.63) is 59.1 Å². The summed E-state index contributed by atoms with van der Waals surface area (Å²) in [5, 5.41) is 5.52. The van der Waals surface area contributed by atoms with Crippen LogP contribution in [-0.2, 0) is 0 Å². The van der Waals surface area contributed by atoms with Crippen molar-refractivity contribution in [3.8, 4) is 0 Å². The van der Waals surface area contributed by atoms with Crippen LogP contribution in [0.4, 0.5) is 16.0 Å². The van der Waals surface area contributed by atoms with Gasteiger partial charge in [-0.25, -0.2) is 14.4 Å². The molecule has 0 aliphatic carbocycles. The molecule has 2 rings (SSSR count). The minimum absolute atomic E-state index is 0.0124. The van der Waals surface area contributed by atoms with Crippen molar-refractivity contribution in [1.29, 1.82) is 0 Å². The van der Waals surface area contributed by atoms with E-state index in [0.29, 0.717) is 17.9 Å². The molecule has 0 atom stereocenters. The topological polar surface area (TPSA) is 66.9 Å². The molecule has 0 aliphatic rings. The first-order valence-electron chi connectivity index (χ1n) is 6.46. The van der Waals surface area contributed by atoms with Crippen LogP contribution >= 0.6 is 11.6 Å². The van der Waals surface area contributed by atoms with Gasteiger partial charge in [0.15, 0.2) is 0 Å². The minimum atomic E-state index is -0.512. The highest BCUT2D eigenvalue weighted by Gasteiger charge is 2.10. The lowest BCUT2D eigenvalue weighted by Gasteiger charge is -2.08. The van der Waals surface area contributed by atoms with Crippen LogP contribution in [0.3, 0.4) is 0 Å². The Kier molecular flexibility index (Phi) is 5.06. The summed E-state index contributed by atoms with van der Waals surface area (Å²) in [5.74, 6) is -0.612. The van der Waals surface area contributed by atoms with Gasteiger partial charge in [0, 0.05) is 17.9 Å². The molecule has 0 bridgehead atoms. The zero-order valence-corrected chi connectivity index (χ0v) is 12.6. The highest BCUT2D eigenvalue weighted by atomic mass is 35.5. The highest BCUT2D eigenvalue weighted by Crippen LogP contribution is 2.21. The number of carbonyl (C=O) groups is 1. The van der Waals surface area contributed by atoms with E-state index in [9.17, 15) is 9.18 Å². The van der Waals surface area contributed by atoms with Crippen LogP contribution in [-0.4, -0.2) is 22.4 Å². The molecule has 1 aromatic heterocycles. The summed E-state index contributed by atoms with van der Waals surface area (Å²) >= 11 is 5.72. The maximum absolute atomic E-state index is 13.1. The number of nitrogens with zero attached hydrogens (tertiary/aromatic N) is 2. The van der Waals surface area contributed by atoms with Crippen LogP contribution < -0.4 is 10.6 Å². The molecule has 0 spiro atoms. The summed E-state index contributed by atoms with van der Waals surface area (Å²) in [6, 6.07) is 5.73. The molecule has 1 aromatic carbocycles. The zero-order chi connectivity index (χ0) is 16.1. The van der Waals surface area contributed by atoms with Gasteiger partial charge in [0.2, 0.25) is 5.95 Å². The molecule has 2 aromatic rings. The van der Waals surface area contributed by atoms with Crippen molar-refractivity contribution in [2.24, 2.45) is 0 Å². The number of carbonyl (C=O) groups excluding carboxylic acids is 1. The maximum atomic E-state index is 13.1. The molecule has 0 saturated heterocycles. The first kappa shape index (κ1) is 15.9. The second kappa shape index (κ2) is 7.00. The second-order valence-electron chi connectivity index (χ2n) is 4.47. The SMILES string of the molecule is C=CCNC(=O)c1cc(C)nc(Nc2ccc(F)c(Cl)c2)n1. The molecule has 22 heavy (non-hydrogen) atoms. The van der Waals surface area contributed by atoms with Crippen molar-refractivity contribution >= 4 is 29.1 Å². The first-order valence-corrected chi connectivity index (χ1v) is 6.84. The second-order valence-corrected chi connectivity index (χ2v) is 4.88. The number of anilines is 2. The van der Waals surface area contributed by atoms with E-state index in [4.69, 9.17) is 11.6 Å². The first-order chi connectivity index (χ1) is 10.5. The van der Waals surface area contributed by atoms with Gasteiger partial charge in [0.1, 0.15) is 11.5 Å². The smallest absolute Gasteiger partial charge is 0.270 e. The third kappa shape index (κ3) is 4.02. The van der Waals surface area contributed by atoms with Crippen molar-refractivity contribution in [2.75, 3.05) is 11.9 Å². The fourth-order valence-corrected chi connectivity index (χ4v) is 1.88. The molecule has 1 heterocycles. The van der Waals surface area contributed by atoms with E-state index in [-0.39, 0.29) is 22.6 Å². The fraction of sp³-hybridized carbons (Fsp3) is 0.133. The van der Waals surface area contributed by atoms with Gasteiger partial charge in [-0.2, -0.15) is 0 Å². The summed E-state index contributed by atoms with van der Waals surface area (Å²) in [6.07, 6.45) is 1.58. The van der Waals surface area contributed by atoms with Crippen LogP contribution in [0.5, 0.6) is 0 Å². The Morgan fingerprint density at radius 3 is 2.86 bits per heavy atom. The van der Waals surface area contributed by atoms with Crippen molar-refractivity contribution in [2.45, 2.75) is 6.92 Å². The van der Waals surface area contributed by atoms with Crippen LogP contribution in [0.15, 0.2) is 36.9 Å². The number of rotatable bonds is 5. The number of hydrogen-bond donors (Lipinski definition) is 2. The third-order valence-electron chi connectivity index (χ3n) is 2.67. The highest BCUT2D eigenvalue weighted by molar-refractivity contribution is 6.31. The van der Waals surface area contributed by atoms with E-state index in [1.165, 1.54) is 18.2 Å². The molecule has 0 radical (unpaired) electrons. The maximum Gasteiger partial charge on any atom is 0.270 e. The molecular formula is C15H14ClFN4O. The number of hydrogen-bond acceptors (Lipinski definition) is 4. The molecule has 0 unspecified atom stereocenters. The van der Waals surface area contributed by atoms with Crippen molar-refractivity contribution in [1.82, 2.24) is 15.3 Å². The van der Waals surface area contributed by atoms with Gasteiger partial charge < -0.3 is 10.6 Å². The molecule has 0 saturated carbocycles. The lowest BCUT2D eigenvalue weighted by Crippen LogP contribution is -2.24. The number of nitrogens with one attached hydrogen (secondary N) is 2. The van der Waals surface area contributed by atoms with Crippen molar-refractivity contribution in [3.63, 3.8) is 0 Å². The van der Waals surface area contributed by atoms with Gasteiger partial charge in [-0.1, -0.05) is 17.7 Å². The number of aromatic nitrogens is 2. The number of amides is 1. The summed E-state index contributed by atoms with van der Waals surface area (Å²) in [4.78, 5) is 20.2. The molecule has 1 amide bonds. The average molecular weight is 321 g/mol. The molecule has 114 valence electrons. The zero-order valence-electron chi connectivity index (χ0n) is 11.9. The molecule has 0 aliphatic heterocycles. The van der Waals surface area contributed by atoms with E-state index in [2.05, 4.69) is 27.2 Å². The van der Waals surface area contributed by atoms with Crippen LogP contribution in [0.2, 0.25) is 5.02 Å². The van der Waals surface area contributed by atoms with Crippen molar-refractivity contribution < 1.29 is 9.18 Å². The van der Waals surface area contributed by atoms with Gasteiger partial charge in [-0.3, -0.25) is 4.79 Å². The standard InChI is InChI=1S/C15H14ClFN4O/c1-3-6-18-14(22)13-7-9(2)19-15(21-13)20-10-4-5-12(17)11(16)8-10/h3-5,7-8H,1,6H2,2H3,(H,18,22)(H,19,20,21). The minimum Gasteiger partial charge on any atom is -0.347 e. The van der Waals surface area contributed by atoms with E-state index in [1.807, 2.05) is 0 Å². The monoisotopic (exact) mass is 320 g/mol. The van der Waals surface area contributed by atoms with Gasteiger partial charge in [-0.05, 0) is 31.2 Å². The molecular weight excluding hydrogens is 307 g/mol. The lowest BCUT2D eigenvalue weighted by atomic mass is 10.3. The Hall–Kier alpha value is -2.47. The average Bonchev–Trinajstić information content (AvgIpc) is 2.48. The Labute approximate surface area is 132 Å². The van der Waals surface area contributed by atoms with Gasteiger partial charge >= 0.3 is 0 Å². The van der Waals surface area contributed by atoms with E-state index in [1.54, 1.807) is 19.1 Å². The Morgan fingerprint density at radius 2 is 2.18 bits per heavy atom. The van der Waals surface area contributed by atoms with E-state index in [0.717, 1.165) is 0 Å². The summed E-state index contributed by atoms with van der Waals surface area (Å²) in [7, 11) is 0. The predicted molar refractivity (Wildman–Crippen MR) is 84.0 cm³/mol. The van der Waals surface area contributed by atoms with Crippen LogP contribution in [0.1, 0.15) is 16.2 Å². The largest absolute Gasteiger partial charge is 0.347 e. The number of aryl methyl sites for hydroxylation is 1. The summed E-state index contributed by atoms with van der Waals surface area (Å²) in [6.45, 7) is 5.62. The Balaban J connectivity index is 2.23. The molecule has 7 heteroatoms. The lowest BCUT2D eigenvalue weighted by molar-refractivity contribution is 0.0953. The Bertz CT molecular complexity index is 721. The number of halogens is 2. The van der Waals surface area contributed by atoms with Gasteiger partial charge in [-0.15, -0.1) is 6.58 Å². The quantitative estimate of drug-likeness (QED) is 0.830. The molecule has 5 nitrogen and oxygen atoms in total. The number of benzene rings is 1. The summed E-state index contributed by atoms with van der Waals surface area (Å²) < 4.78 is 13.1. The fourth-order valence-electron chi connectivity index (χ4n) is 1.70. The van der Waals surface area contributed by atoms with E-state index >= 15 is 0 Å². The molecule has 2 N–H and O–H groups in total. The Morgan fingerprint density at radius 1 is 1.41 bits per heavy atom.